The number of amides is 3. The van der Waals surface area contributed by atoms with Crippen molar-refractivity contribution in [1.82, 2.24) is 15.2 Å². The maximum absolute atomic E-state index is 13.3. The van der Waals surface area contributed by atoms with Gasteiger partial charge >= 0.3 is 6.18 Å². The van der Waals surface area contributed by atoms with Gasteiger partial charge in [-0.1, -0.05) is 60.7 Å². The Morgan fingerprint density at radius 3 is 2.13 bits per heavy atom. The second-order valence-corrected chi connectivity index (χ2v) is 10.5. The number of carbonyl (C=O) groups excluding carboxylic acids is 3. The standard InChI is InChI=1S/C36H31F3N4O3/c1-3-43(4-2)35(46)32(24-10-6-5-7-11-24)42-33(44)26-16-20-30-25(22-26)17-21-31(40-30)41-34(45)29-13-9-8-12-28(29)23-14-18-27(19-15-23)36(37,38)39/h5-22,32H,3-4H2,1-2H3,(H,42,44)(H,40,41,45)/t32-/m0/s1. The van der Waals surface area contributed by atoms with Crippen LogP contribution in [-0.4, -0.2) is 40.7 Å². The van der Waals surface area contributed by atoms with Crippen molar-refractivity contribution in [1.29, 1.82) is 0 Å². The summed E-state index contributed by atoms with van der Waals surface area (Å²) in [6.45, 7) is 4.79. The number of likely N-dealkylation sites (N-methyl/N-ethyl adjacent to an activating group) is 1. The van der Waals surface area contributed by atoms with Gasteiger partial charge in [0.2, 0.25) is 5.91 Å². The zero-order chi connectivity index (χ0) is 32.8. The van der Waals surface area contributed by atoms with Crippen molar-refractivity contribution in [3.8, 4) is 11.1 Å². The molecule has 0 fully saturated rings. The number of hydrogen-bond acceptors (Lipinski definition) is 4. The minimum absolute atomic E-state index is 0.202. The van der Waals surface area contributed by atoms with Crippen LogP contribution in [0.1, 0.15) is 51.7 Å². The van der Waals surface area contributed by atoms with Gasteiger partial charge in [0.15, 0.2) is 0 Å². The zero-order valence-corrected chi connectivity index (χ0v) is 25.1. The Morgan fingerprint density at radius 1 is 0.783 bits per heavy atom. The lowest BCUT2D eigenvalue weighted by Gasteiger charge is -2.26. The number of benzene rings is 4. The first kappa shape index (κ1) is 31.9. The number of halogens is 3. The number of rotatable bonds is 9. The van der Waals surface area contributed by atoms with Crippen molar-refractivity contribution >= 4 is 34.4 Å². The molecule has 0 aliphatic rings. The summed E-state index contributed by atoms with van der Waals surface area (Å²) in [4.78, 5) is 46.1. The molecule has 1 heterocycles. The lowest BCUT2D eigenvalue weighted by atomic mass is 9.98. The van der Waals surface area contributed by atoms with Crippen molar-refractivity contribution in [2.75, 3.05) is 18.4 Å². The predicted octanol–water partition coefficient (Wildman–Crippen LogP) is 7.51. The first-order chi connectivity index (χ1) is 22.1. The van der Waals surface area contributed by atoms with Crippen molar-refractivity contribution < 1.29 is 27.6 Å². The number of anilines is 1. The number of pyridine rings is 1. The monoisotopic (exact) mass is 624 g/mol. The molecule has 5 aromatic rings. The van der Waals surface area contributed by atoms with E-state index in [2.05, 4.69) is 15.6 Å². The van der Waals surface area contributed by atoms with E-state index in [4.69, 9.17) is 0 Å². The molecule has 0 aliphatic carbocycles. The summed E-state index contributed by atoms with van der Waals surface area (Å²) in [6.07, 6.45) is -4.46. The molecule has 1 atom stereocenters. The minimum Gasteiger partial charge on any atom is -0.341 e. The summed E-state index contributed by atoms with van der Waals surface area (Å²) in [6, 6.07) is 27.7. The third kappa shape index (κ3) is 7.07. The number of nitrogens with zero attached hydrogens (tertiary/aromatic N) is 2. The predicted molar refractivity (Wildman–Crippen MR) is 171 cm³/mol. The number of nitrogens with one attached hydrogen (secondary N) is 2. The van der Waals surface area contributed by atoms with Gasteiger partial charge in [0.1, 0.15) is 11.9 Å². The molecule has 0 bridgehead atoms. The van der Waals surface area contributed by atoms with Gasteiger partial charge in [-0.3, -0.25) is 14.4 Å². The normalized spacial score (nSPS) is 11.9. The Morgan fingerprint density at radius 2 is 1.46 bits per heavy atom. The van der Waals surface area contributed by atoms with Gasteiger partial charge in [0, 0.05) is 29.6 Å². The van der Waals surface area contributed by atoms with E-state index in [1.165, 1.54) is 12.1 Å². The molecule has 234 valence electrons. The fourth-order valence-corrected chi connectivity index (χ4v) is 5.16. The minimum atomic E-state index is -4.46. The van der Waals surface area contributed by atoms with Gasteiger partial charge in [0.05, 0.1) is 11.1 Å². The van der Waals surface area contributed by atoms with Crippen LogP contribution in [0.3, 0.4) is 0 Å². The maximum atomic E-state index is 13.3. The largest absolute Gasteiger partial charge is 0.416 e. The number of hydrogen-bond donors (Lipinski definition) is 2. The van der Waals surface area contributed by atoms with E-state index in [0.717, 1.165) is 12.1 Å². The molecular formula is C36H31F3N4O3. The Kier molecular flexibility index (Phi) is 9.46. The van der Waals surface area contributed by atoms with Gasteiger partial charge in [-0.2, -0.15) is 13.2 Å². The van der Waals surface area contributed by atoms with Gasteiger partial charge in [-0.05, 0) is 79.1 Å². The first-order valence-corrected chi connectivity index (χ1v) is 14.7. The lowest BCUT2D eigenvalue weighted by Crippen LogP contribution is -2.42. The summed E-state index contributed by atoms with van der Waals surface area (Å²) in [5, 5.41) is 6.29. The van der Waals surface area contributed by atoms with Crippen molar-refractivity contribution in [3.63, 3.8) is 0 Å². The lowest BCUT2D eigenvalue weighted by molar-refractivity contribution is -0.137. The number of alkyl halides is 3. The topological polar surface area (TPSA) is 91.4 Å². The number of carbonyl (C=O) groups is 3. The molecule has 4 aromatic carbocycles. The molecule has 46 heavy (non-hydrogen) atoms. The number of aromatic nitrogens is 1. The first-order valence-electron chi connectivity index (χ1n) is 14.7. The van der Waals surface area contributed by atoms with E-state index in [9.17, 15) is 27.6 Å². The number of fused-ring (bicyclic) bond motifs is 1. The van der Waals surface area contributed by atoms with Crippen LogP contribution in [0.25, 0.3) is 22.0 Å². The average molecular weight is 625 g/mol. The van der Waals surface area contributed by atoms with Crippen LogP contribution in [0.15, 0.2) is 109 Å². The third-order valence-electron chi connectivity index (χ3n) is 7.62. The summed E-state index contributed by atoms with van der Waals surface area (Å²) >= 11 is 0. The molecule has 0 saturated heterocycles. The molecule has 0 radical (unpaired) electrons. The van der Waals surface area contributed by atoms with Crippen molar-refractivity contribution in [3.05, 3.63) is 131 Å². The Bertz CT molecular complexity index is 1870. The van der Waals surface area contributed by atoms with Gasteiger partial charge in [0.25, 0.3) is 11.8 Å². The maximum Gasteiger partial charge on any atom is 0.416 e. The molecule has 2 N–H and O–H groups in total. The Hall–Kier alpha value is -5.51. The molecule has 1 aromatic heterocycles. The van der Waals surface area contributed by atoms with Crippen LogP contribution >= 0.6 is 0 Å². The van der Waals surface area contributed by atoms with Crippen LogP contribution in [0.5, 0.6) is 0 Å². The van der Waals surface area contributed by atoms with E-state index in [1.807, 2.05) is 32.0 Å². The summed E-state index contributed by atoms with van der Waals surface area (Å²) in [5.41, 5.74) is 1.96. The van der Waals surface area contributed by atoms with Crippen molar-refractivity contribution in [2.45, 2.75) is 26.1 Å². The average Bonchev–Trinajstić information content (AvgIpc) is 3.07. The fraction of sp³-hybridized carbons (Fsp3) is 0.167. The van der Waals surface area contributed by atoms with Crippen LogP contribution in [0, 0.1) is 0 Å². The third-order valence-corrected chi connectivity index (χ3v) is 7.62. The Labute approximate surface area is 264 Å². The van der Waals surface area contributed by atoms with Crippen molar-refractivity contribution in [2.24, 2.45) is 0 Å². The van der Waals surface area contributed by atoms with Crippen LogP contribution in [0.2, 0.25) is 0 Å². The summed E-state index contributed by atoms with van der Waals surface area (Å²) in [5.74, 6) is -0.852. The van der Waals surface area contributed by atoms with E-state index in [-0.39, 0.29) is 17.3 Å². The molecule has 0 spiro atoms. The van der Waals surface area contributed by atoms with Gasteiger partial charge in [-0.25, -0.2) is 4.98 Å². The highest BCUT2D eigenvalue weighted by molar-refractivity contribution is 6.09. The molecule has 7 nitrogen and oxygen atoms in total. The quantitative estimate of drug-likeness (QED) is 0.178. The Balaban J connectivity index is 1.34. The van der Waals surface area contributed by atoms with Gasteiger partial charge in [-0.15, -0.1) is 0 Å². The van der Waals surface area contributed by atoms with Crippen LogP contribution < -0.4 is 10.6 Å². The molecule has 0 unspecified atom stereocenters. The van der Waals surface area contributed by atoms with E-state index >= 15 is 0 Å². The highest BCUT2D eigenvalue weighted by Gasteiger charge is 2.30. The molecule has 0 aliphatic heterocycles. The van der Waals surface area contributed by atoms with Gasteiger partial charge < -0.3 is 15.5 Å². The van der Waals surface area contributed by atoms with Crippen LogP contribution in [-0.2, 0) is 11.0 Å². The smallest absolute Gasteiger partial charge is 0.341 e. The second kappa shape index (κ2) is 13.6. The summed E-state index contributed by atoms with van der Waals surface area (Å²) < 4.78 is 39.1. The van der Waals surface area contributed by atoms with E-state index < -0.39 is 29.6 Å². The molecule has 5 rings (SSSR count). The molecule has 10 heteroatoms. The summed E-state index contributed by atoms with van der Waals surface area (Å²) in [7, 11) is 0. The van der Waals surface area contributed by atoms with Crippen LogP contribution in [0.4, 0.5) is 19.0 Å². The van der Waals surface area contributed by atoms with E-state index in [1.54, 1.807) is 71.6 Å². The fourth-order valence-electron chi connectivity index (χ4n) is 5.16. The molecule has 3 amide bonds. The second-order valence-electron chi connectivity index (χ2n) is 10.5. The van der Waals surface area contributed by atoms with E-state index in [0.29, 0.717) is 46.2 Å². The molecule has 0 saturated carbocycles. The SMILES string of the molecule is CCN(CC)C(=O)[C@@H](NC(=O)c1ccc2nc(NC(=O)c3ccccc3-c3ccc(C(F)(F)F)cc3)ccc2c1)c1ccccc1. The molecular weight excluding hydrogens is 593 g/mol. The zero-order valence-electron chi connectivity index (χ0n) is 25.1. The highest BCUT2D eigenvalue weighted by atomic mass is 19.4. The highest BCUT2D eigenvalue weighted by Crippen LogP contribution is 2.32.